The van der Waals surface area contributed by atoms with Crippen LogP contribution in [0.3, 0.4) is 0 Å². The van der Waals surface area contributed by atoms with Gasteiger partial charge in [0.15, 0.2) is 0 Å². The van der Waals surface area contributed by atoms with Crippen LogP contribution in [-0.2, 0) is 19.1 Å². The van der Waals surface area contributed by atoms with Crippen LogP contribution in [0.1, 0.15) is 128 Å². The first-order valence-electron chi connectivity index (χ1n) is 12.1. The lowest BCUT2D eigenvalue weighted by atomic mass is 10.0. The Morgan fingerprint density at radius 3 is 1.13 bits per heavy atom. The maximum atomic E-state index is 11.5. The Morgan fingerprint density at radius 1 is 0.433 bits per heavy atom. The predicted molar refractivity (Wildman–Crippen MR) is 119 cm³/mol. The molecule has 176 valence electrons. The normalized spacial score (nSPS) is 10.8. The van der Waals surface area contributed by atoms with Crippen molar-refractivity contribution >= 4 is 17.9 Å². The molecule has 0 fully saturated rings. The molecule has 0 saturated heterocycles. The summed E-state index contributed by atoms with van der Waals surface area (Å²) in [5, 5.41) is 17.1. The van der Waals surface area contributed by atoms with E-state index in [0.717, 1.165) is 25.7 Å². The standard InChI is InChI=1S/C24H44O6/c25-22(26)18-14-12-10-8-6-4-2-1-3-5-7-9-11-13-17-21-30-24(29)20-16-15-19-23(27)28/h1-21H2,(H,25,26)(H,27,28). The van der Waals surface area contributed by atoms with Crippen LogP contribution in [0.5, 0.6) is 0 Å². The van der Waals surface area contributed by atoms with Crippen LogP contribution >= 0.6 is 0 Å². The molecule has 0 atom stereocenters. The van der Waals surface area contributed by atoms with Crippen molar-refractivity contribution in [3.05, 3.63) is 0 Å². The fourth-order valence-corrected chi connectivity index (χ4v) is 3.48. The van der Waals surface area contributed by atoms with E-state index < -0.39 is 11.9 Å². The van der Waals surface area contributed by atoms with Gasteiger partial charge in [-0.05, 0) is 25.7 Å². The number of carboxylic acid groups (broad SMARTS) is 2. The number of hydrogen-bond donors (Lipinski definition) is 2. The Hall–Kier alpha value is -1.59. The van der Waals surface area contributed by atoms with Crippen LogP contribution in [-0.4, -0.2) is 34.7 Å². The van der Waals surface area contributed by atoms with E-state index in [9.17, 15) is 14.4 Å². The molecule has 0 radical (unpaired) electrons. The summed E-state index contributed by atoms with van der Waals surface area (Å²) in [5.74, 6) is -1.71. The first-order chi connectivity index (χ1) is 14.5. The smallest absolute Gasteiger partial charge is 0.305 e. The van der Waals surface area contributed by atoms with E-state index in [1.807, 2.05) is 0 Å². The Bertz CT molecular complexity index is 435. The highest BCUT2D eigenvalue weighted by molar-refractivity contribution is 5.69. The monoisotopic (exact) mass is 428 g/mol. The molecule has 0 aliphatic rings. The third kappa shape index (κ3) is 24.4. The molecular formula is C24H44O6. The molecule has 0 spiro atoms. The Kier molecular flexibility index (Phi) is 20.9. The first kappa shape index (κ1) is 28.4. The summed E-state index contributed by atoms with van der Waals surface area (Å²) in [6.45, 7) is 0.483. The van der Waals surface area contributed by atoms with E-state index in [2.05, 4.69) is 0 Å². The number of carbonyl (C=O) groups is 3. The number of unbranched alkanes of at least 4 members (excludes halogenated alkanes) is 15. The van der Waals surface area contributed by atoms with Crippen LogP contribution in [0.25, 0.3) is 0 Å². The van der Waals surface area contributed by atoms with Gasteiger partial charge < -0.3 is 14.9 Å². The quantitative estimate of drug-likeness (QED) is 0.142. The van der Waals surface area contributed by atoms with Crippen molar-refractivity contribution in [2.24, 2.45) is 0 Å². The van der Waals surface area contributed by atoms with Gasteiger partial charge in [-0.2, -0.15) is 0 Å². The van der Waals surface area contributed by atoms with Gasteiger partial charge in [-0.3, -0.25) is 14.4 Å². The van der Waals surface area contributed by atoms with Gasteiger partial charge in [0.1, 0.15) is 0 Å². The second-order valence-electron chi connectivity index (χ2n) is 8.27. The summed E-state index contributed by atoms with van der Waals surface area (Å²) in [6, 6.07) is 0. The van der Waals surface area contributed by atoms with Crippen LogP contribution in [0, 0.1) is 0 Å². The van der Waals surface area contributed by atoms with Gasteiger partial charge in [0.05, 0.1) is 6.61 Å². The second kappa shape index (κ2) is 22.1. The van der Waals surface area contributed by atoms with Gasteiger partial charge in [0, 0.05) is 19.3 Å². The molecule has 6 nitrogen and oxygen atoms in total. The van der Waals surface area contributed by atoms with Crippen molar-refractivity contribution in [1.29, 1.82) is 0 Å². The fraction of sp³-hybridized carbons (Fsp3) is 0.875. The number of aliphatic carboxylic acids is 2. The average molecular weight is 429 g/mol. The minimum atomic E-state index is -0.818. The number of hydrogen-bond acceptors (Lipinski definition) is 4. The number of carboxylic acids is 2. The molecule has 0 aromatic rings. The van der Waals surface area contributed by atoms with Crippen molar-refractivity contribution in [3.8, 4) is 0 Å². The maximum Gasteiger partial charge on any atom is 0.305 e. The fourth-order valence-electron chi connectivity index (χ4n) is 3.48. The van der Waals surface area contributed by atoms with Crippen LogP contribution in [0.2, 0.25) is 0 Å². The molecule has 0 aromatic heterocycles. The summed E-state index contributed by atoms with van der Waals surface area (Å²) < 4.78 is 5.17. The summed E-state index contributed by atoms with van der Waals surface area (Å²) in [6.07, 6.45) is 19.7. The summed E-state index contributed by atoms with van der Waals surface area (Å²) >= 11 is 0. The maximum absolute atomic E-state index is 11.5. The SMILES string of the molecule is O=C(O)CCCCCCCCCCCCCCCCCOC(=O)CCCCC(=O)O. The zero-order valence-electron chi connectivity index (χ0n) is 18.9. The van der Waals surface area contributed by atoms with Gasteiger partial charge in [-0.25, -0.2) is 0 Å². The molecule has 0 aliphatic heterocycles. The molecule has 30 heavy (non-hydrogen) atoms. The summed E-state index contributed by atoms with van der Waals surface area (Å²) in [7, 11) is 0. The van der Waals surface area contributed by atoms with E-state index in [0.29, 0.717) is 32.3 Å². The Balaban J connectivity index is 3.13. The molecular weight excluding hydrogens is 384 g/mol. The van der Waals surface area contributed by atoms with Gasteiger partial charge in [0.2, 0.25) is 0 Å². The highest BCUT2D eigenvalue weighted by Gasteiger charge is 2.04. The largest absolute Gasteiger partial charge is 0.481 e. The summed E-state index contributed by atoms with van der Waals surface area (Å²) in [4.78, 5) is 32.3. The van der Waals surface area contributed by atoms with E-state index in [1.54, 1.807) is 0 Å². The molecule has 0 heterocycles. The zero-order valence-corrected chi connectivity index (χ0v) is 18.9. The Labute approximate surface area is 182 Å². The van der Waals surface area contributed by atoms with Crippen LogP contribution < -0.4 is 0 Å². The topological polar surface area (TPSA) is 101 Å². The minimum absolute atomic E-state index is 0.116. The molecule has 0 unspecified atom stereocenters. The molecule has 0 rings (SSSR count). The Morgan fingerprint density at radius 2 is 0.733 bits per heavy atom. The van der Waals surface area contributed by atoms with Gasteiger partial charge >= 0.3 is 17.9 Å². The van der Waals surface area contributed by atoms with Crippen molar-refractivity contribution in [1.82, 2.24) is 0 Å². The van der Waals surface area contributed by atoms with E-state index in [4.69, 9.17) is 14.9 Å². The molecule has 0 bridgehead atoms. The molecule has 2 N–H and O–H groups in total. The van der Waals surface area contributed by atoms with Crippen molar-refractivity contribution in [2.75, 3.05) is 6.61 Å². The zero-order chi connectivity index (χ0) is 22.3. The molecule has 0 saturated carbocycles. The van der Waals surface area contributed by atoms with E-state index in [1.165, 1.54) is 70.6 Å². The van der Waals surface area contributed by atoms with Crippen LogP contribution in [0.15, 0.2) is 0 Å². The van der Waals surface area contributed by atoms with Crippen molar-refractivity contribution in [2.45, 2.75) is 128 Å². The number of rotatable bonds is 23. The molecule has 0 aromatic carbocycles. The third-order valence-corrected chi connectivity index (χ3v) is 5.32. The molecule has 0 amide bonds. The first-order valence-corrected chi connectivity index (χ1v) is 12.1. The highest BCUT2D eigenvalue weighted by Crippen LogP contribution is 2.14. The number of ether oxygens (including phenoxy) is 1. The third-order valence-electron chi connectivity index (χ3n) is 5.32. The number of esters is 1. The van der Waals surface area contributed by atoms with E-state index >= 15 is 0 Å². The van der Waals surface area contributed by atoms with Crippen LogP contribution in [0.4, 0.5) is 0 Å². The average Bonchev–Trinajstić information content (AvgIpc) is 2.70. The lowest BCUT2D eigenvalue weighted by Gasteiger charge is -2.05. The van der Waals surface area contributed by atoms with Crippen molar-refractivity contribution < 1.29 is 29.3 Å². The van der Waals surface area contributed by atoms with Gasteiger partial charge in [-0.15, -0.1) is 0 Å². The van der Waals surface area contributed by atoms with E-state index in [-0.39, 0.29) is 12.4 Å². The molecule has 6 heteroatoms. The number of carbonyl (C=O) groups excluding carboxylic acids is 1. The van der Waals surface area contributed by atoms with Gasteiger partial charge in [0.25, 0.3) is 0 Å². The predicted octanol–water partition coefficient (Wildman–Crippen LogP) is 6.50. The lowest BCUT2D eigenvalue weighted by Crippen LogP contribution is -2.06. The van der Waals surface area contributed by atoms with Crippen molar-refractivity contribution in [3.63, 3.8) is 0 Å². The van der Waals surface area contributed by atoms with Gasteiger partial charge in [-0.1, -0.05) is 83.5 Å². The summed E-state index contributed by atoms with van der Waals surface area (Å²) in [5.41, 5.74) is 0. The second-order valence-corrected chi connectivity index (χ2v) is 8.27. The minimum Gasteiger partial charge on any atom is -0.481 e. The highest BCUT2D eigenvalue weighted by atomic mass is 16.5. The lowest BCUT2D eigenvalue weighted by molar-refractivity contribution is -0.144. The molecule has 0 aliphatic carbocycles.